The molecule has 4 aromatic rings. The molecule has 9 nitrogen and oxygen atoms in total. The summed E-state index contributed by atoms with van der Waals surface area (Å²) in [5.41, 5.74) is 5.34. The molecule has 0 saturated carbocycles. The number of benzene rings is 1. The summed E-state index contributed by atoms with van der Waals surface area (Å²) in [5, 5.41) is 0.0664. The van der Waals surface area contributed by atoms with Gasteiger partial charge in [0, 0.05) is 0 Å². The molecule has 1 aliphatic rings. The third-order valence-corrected chi connectivity index (χ3v) is 25.1. The Bertz CT molecular complexity index is 1760. The van der Waals surface area contributed by atoms with Crippen LogP contribution in [-0.2, 0) is 18.0 Å². The number of rotatable bonds is 8. The largest absolute Gasteiger partial charge is 0.414 e. The number of para-hydroxylation sites is 1. The van der Waals surface area contributed by atoms with E-state index in [1.807, 2.05) is 21.6 Å². The van der Waals surface area contributed by atoms with Gasteiger partial charge in [0.15, 0.2) is 48.0 Å². The van der Waals surface area contributed by atoms with Gasteiger partial charge in [-0.15, -0.1) is 0 Å². The van der Waals surface area contributed by atoms with Crippen LogP contribution in [0.4, 0.5) is 0 Å². The highest BCUT2D eigenvalue weighted by Crippen LogP contribution is 2.47. The van der Waals surface area contributed by atoms with Gasteiger partial charge in [-0.25, -0.2) is 15.0 Å². The van der Waals surface area contributed by atoms with E-state index < -0.39 is 31.2 Å². The molecule has 4 atom stereocenters. The maximum absolute atomic E-state index is 7.37. The highest BCUT2D eigenvalue weighted by Gasteiger charge is 2.55. The quantitative estimate of drug-likeness (QED) is 0.170. The number of hydrogen-bond acceptors (Lipinski definition) is 7. The molecule has 0 spiro atoms. The van der Waals surface area contributed by atoms with Crippen molar-refractivity contribution >= 4 is 52.8 Å². The van der Waals surface area contributed by atoms with Crippen LogP contribution < -0.4 is 0 Å². The minimum atomic E-state index is -2.29. The number of imidazole rings is 2. The second-order valence-electron chi connectivity index (χ2n) is 18.1. The monoisotopic (exact) mass is 697 g/mol. The summed E-state index contributed by atoms with van der Waals surface area (Å²) in [6.07, 6.45) is 2.17. The summed E-state index contributed by atoms with van der Waals surface area (Å²) in [6, 6.07) is 6.21. The van der Waals surface area contributed by atoms with Crippen molar-refractivity contribution in [2.45, 2.75) is 148 Å². The van der Waals surface area contributed by atoms with E-state index in [0.717, 1.165) is 33.4 Å². The number of ether oxygens (including phenoxy) is 1. The molecule has 1 fully saturated rings. The summed E-state index contributed by atoms with van der Waals surface area (Å²) < 4.78 is 32.7. The van der Waals surface area contributed by atoms with Crippen LogP contribution in [0.5, 0.6) is 0 Å². The average molecular weight is 698 g/mol. The number of fused-ring (bicyclic) bond motifs is 5. The first-order valence-corrected chi connectivity index (χ1v) is 25.8. The van der Waals surface area contributed by atoms with Gasteiger partial charge in [0.05, 0.1) is 24.0 Å². The van der Waals surface area contributed by atoms with Crippen molar-refractivity contribution < 1.29 is 18.0 Å². The summed E-state index contributed by atoms with van der Waals surface area (Å²) in [7, 11) is -6.63. The van der Waals surface area contributed by atoms with Crippen molar-refractivity contribution in [3.63, 3.8) is 0 Å². The summed E-state index contributed by atoms with van der Waals surface area (Å²) in [5.74, 6) is 0. The lowest BCUT2D eigenvalue weighted by atomic mass is 10.1. The van der Waals surface area contributed by atoms with Crippen LogP contribution >= 0.6 is 0 Å². The Morgan fingerprint density at radius 1 is 0.723 bits per heavy atom. The van der Waals surface area contributed by atoms with E-state index in [1.165, 1.54) is 0 Å². The van der Waals surface area contributed by atoms with E-state index >= 15 is 0 Å². The van der Waals surface area contributed by atoms with E-state index in [9.17, 15) is 0 Å². The molecule has 5 rings (SSSR count). The fourth-order valence-electron chi connectivity index (χ4n) is 5.35. The van der Waals surface area contributed by atoms with Crippen molar-refractivity contribution in [2.75, 3.05) is 6.61 Å². The Morgan fingerprint density at radius 3 is 1.87 bits per heavy atom. The van der Waals surface area contributed by atoms with E-state index in [4.69, 9.17) is 33.0 Å². The minimum Gasteiger partial charge on any atom is -0.414 e. The van der Waals surface area contributed by atoms with E-state index in [-0.39, 0.29) is 33.4 Å². The molecule has 0 bridgehead atoms. The lowest BCUT2D eigenvalue weighted by molar-refractivity contribution is -0.0470. The van der Waals surface area contributed by atoms with Crippen LogP contribution in [0, 0.1) is 6.92 Å². The van der Waals surface area contributed by atoms with Crippen molar-refractivity contribution in [1.29, 1.82) is 0 Å². The van der Waals surface area contributed by atoms with Gasteiger partial charge in [-0.2, -0.15) is 0 Å². The van der Waals surface area contributed by atoms with Crippen LogP contribution in [-0.4, -0.2) is 73.8 Å². The highest BCUT2D eigenvalue weighted by atomic mass is 28.4. The smallest absolute Gasteiger partial charge is 0.192 e. The van der Waals surface area contributed by atoms with Gasteiger partial charge in [-0.3, -0.25) is 8.97 Å². The zero-order valence-corrected chi connectivity index (χ0v) is 34.8. The van der Waals surface area contributed by atoms with Gasteiger partial charge in [0.2, 0.25) is 0 Å². The Morgan fingerprint density at radius 2 is 1.30 bits per heavy atom. The fraction of sp³-hybridized carbons (Fsp3) is 0.686. The van der Waals surface area contributed by atoms with E-state index in [1.54, 1.807) is 0 Å². The first-order valence-electron chi connectivity index (χ1n) is 17.1. The van der Waals surface area contributed by atoms with Crippen molar-refractivity contribution in [2.24, 2.45) is 0 Å². The number of nitrogens with zero attached hydrogens (tertiary/aromatic N) is 5. The van der Waals surface area contributed by atoms with Gasteiger partial charge < -0.3 is 18.0 Å². The van der Waals surface area contributed by atoms with Crippen LogP contribution in [0.3, 0.4) is 0 Å². The molecule has 0 unspecified atom stereocenters. The molecule has 1 aromatic carbocycles. The highest BCUT2D eigenvalue weighted by molar-refractivity contribution is 6.75. The molecule has 47 heavy (non-hydrogen) atoms. The second-order valence-corrected chi connectivity index (χ2v) is 32.5. The topological polar surface area (TPSA) is 84.9 Å². The van der Waals surface area contributed by atoms with Crippen LogP contribution in [0.25, 0.3) is 27.8 Å². The van der Waals surface area contributed by atoms with Crippen LogP contribution in [0.2, 0.25) is 54.4 Å². The van der Waals surface area contributed by atoms with Gasteiger partial charge in [0.25, 0.3) is 0 Å². The van der Waals surface area contributed by atoms with Gasteiger partial charge >= 0.3 is 0 Å². The maximum Gasteiger partial charge on any atom is 0.192 e. The van der Waals surface area contributed by atoms with Gasteiger partial charge in [0.1, 0.15) is 24.6 Å². The van der Waals surface area contributed by atoms with Crippen LogP contribution in [0.15, 0.2) is 30.9 Å². The van der Waals surface area contributed by atoms with E-state index in [2.05, 4.69) is 127 Å². The summed E-state index contributed by atoms with van der Waals surface area (Å²) in [4.78, 5) is 14.9. The molecule has 0 N–H and O–H groups in total. The molecule has 3 aromatic heterocycles. The SMILES string of the molecule is Cc1cccc2c1nc1c3ncn([C@@H]4O[C@H](CO[Si](C)(C)C(C)(C)C)[C@@H](O[Si](C)(C)C(C)(C)C)[C@H]4O[Si](C)(C)C(C)(C)C)c3ncn21. The normalized spacial score (nSPS) is 22.3. The molecule has 1 aliphatic heterocycles. The predicted octanol–water partition coefficient (Wildman–Crippen LogP) is 9.24. The molecule has 260 valence electrons. The zero-order valence-electron chi connectivity index (χ0n) is 31.8. The first-order chi connectivity index (χ1) is 21.4. The molecule has 0 amide bonds. The number of aryl methyl sites for hydroxylation is 1. The summed E-state index contributed by atoms with van der Waals surface area (Å²) >= 11 is 0. The molecular formula is C35H59N5O4Si3. The minimum absolute atomic E-state index is 0.00707. The van der Waals surface area contributed by atoms with Crippen molar-refractivity contribution in [1.82, 2.24) is 23.9 Å². The molecule has 1 saturated heterocycles. The Balaban J connectivity index is 1.65. The van der Waals surface area contributed by atoms with Gasteiger partial charge in [-0.05, 0) is 73.0 Å². The van der Waals surface area contributed by atoms with Crippen molar-refractivity contribution in [3.8, 4) is 0 Å². The summed E-state index contributed by atoms with van der Waals surface area (Å²) in [6.45, 7) is 36.9. The van der Waals surface area contributed by atoms with Crippen LogP contribution in [0.1, 0.15) is 74.1 Å². The van der Waals surface area contributed by atoms with E-state index in [0.29, 0.717) is 6.61 Å². The Labute approximate surface area is 285 Å². The molecule has 12 heteroatoms. The molecular weight excluding hydrogens is 639 g/mol. The number of hydrogen-bond donors (Lipinski definition) is 0. The Kier molecular flexibility index (Phi) is 9.16. The number of aromatic nitrogens is 5. The zero-order chi connectivity index (χ0) is 35.1. The fourth-order valence-corrected chi connectivity index (χ4v) is 8.97. The lowest BCUT2D eigenvalue weighted by Gasteiger charge is -2.44. The molecule has 0 aliphatic carbocycles. The predicted molar refractivity (Wildman–Crippen MR) is 200 cm³/mol. The third-order valence-electron chi connectivity index (χ3n) is 11.6. The maximum atomic E-state index is 7.37. The lowest BCUT2D eigenvalue weighted by Crippen LogP contribution is -2.54. The standard InChI is InChI=1S/C35H59N5O4Si3/c1-23-18-17-19-24-26(23)38-31-27-30(37-22-39(24)31)40(21-36-27)32-29(44-47(15,16)35(8,9)10)28(43-46(13,14)34(5,6)7)25(42-32)20-41-45(11,12)33(2,3)4/h17-19,21-22,25,28-29,32H,20H2,1-16H3/t25-,28-,29-,32-/m1/s1. The third kappa shape index (κ3) is 6.55. The van der Waals surface area contributed by atoms with Crippen molar-refractivity contribution in [3.05, 3.63) is 36.4 Å². The second kappa shape index (κ2) is 11.8. The van der Waals surface area contributed by atoms with Gasteiger partial charge in [-0.1, -0.05) is 74.4 Å². The first kappa shape index (κ1) is 36.3. The Hall–Kier alpha value is -1.94. The molecule has 4 heterocycles. The molecule has 0 radical (unpaired) electrons. The average Bonchev–Trinajstić information content (AvgIpc) is 3.60.